The molecule has 0 saturated heterocycles. The number of methoxy groups -OCH3 is 1. The van der Waals surface area contributed by atoms with E-state index in [-0.39, 0.29) is 4.90 Å². The van der Waals surface area contributed by atoms with Crippen LogP contribution in [0.2, 0.25) is 0 Å². The Kier molecular flexibility index (Phi) is 5.71. The summed E-state index contributed by atoms with van der Waals surface area (Å²) in [6.45, 7) is -2.70. The summed E-state index contributed by atoms with van der Waals surface area (Å²) in [5.41, 5.74) is 0.350. The van der Waals surface area contributed by atoms with Gasteiger partial charge in [0.2, 0.25) is 0 Å². The van der Waals surface area contributed by atoms with Gasteiger partial charge in [-0.05, 0) is 5.56 Å². The Morgan fingerprint density at radius 1 is 1.29 bits per heavy atom. The molecule has 0 radical (unpaired) electrons. The van der Waals surface area contributed by atoms with E-state index < -0.39 is 37.2 Å². The summed E-state index contributed by atoms with van der Waals surface area (Å²) in [5, 5.41) is 8.65. The van der Waals surface area contributed by atoms with Gasteiger partial charge in [0.15, 0.2) is 6.10 Å². The van der Waals surface area contributed by atoms with E-state index in [1.165, 1.54) is 19.2 Å². The zero-order chi connectivity index (χ0) is 16.0. The number of alkyl halides is 3. The van der Waals surface area contributed by atoms with E-state index in [1.54, 1.807) is 18.2 Å². The molecular formula is C13H14F3NO4. The smallest absolute Gasteiger partial charge is 0.406 e. The fourth-order valence-electron chi connectivity index (χ4n) is 1.76. The normalized spacial score (nSPS) is 12.8. The molecule has 0 spiro atoms. The summed E-state index contributed by atoms with van der Waals surface area (Å²) >= 11 is 0. The Labute approximate surface area is 118 Å². The molecule has 1 N–H and O–H groups in total. The molecule has 0 fully saturated rings. The third kappa shape index (κ3) is 5.42. The number of aliphatic carboxylic acids is 1. The van der Waals surface area contributed by atoms with Crippen molar-refractivity contribution in [1.29, 1.82) is 0 Å². The van der Waals surface area contributed by atoms with Gasteiger partial charge in [0, 0.05) is 7.11 Å². The summed E-state index contributed by atoms with van der Waals surface area (Å²) in [4.78, 5) is 23.0. The first kappa shape index (κ1) is 17.0. The van der Waals surface area contributed by atoms with E-state index in [0.717, 1.165) is 0 Å². The molecule has 0 bridgehead atoms. The van der Waals surface area contributed by atoms with Crippen LogP contribution in [0.1, 0.15) is 11.7 Å². The monoisotopic (exact) mass is 305 g/mol. The highest BCUT2D eigenvalue weighted by Crippen LogP contribution is 2.22. The molecule has 0 aliphatic carbocycles. The van der Waals surface area contributed by atoms with E-state index in [9.17, 15) is 22.8 Å². The van der Waals surface area contributed by atoms with Crippen molar-refractivity contribution in [3.63, 3.8) is 0 Å². The second-order valence-electron chi connectivity index (χ2n) is 4.23. The molecule has 8 heteroatoms. The molecule has 0 saturated carbocycles. The largest absolute Gasteiger partial charge is 0.480 e. The third-order valence-corrected chi connectivity index (χ3v) is 2.57. The first-order valence-corrected chi connectivity index (χ1v) is 5.89. The summed E-state index contributed by atoms with van der Waals surface area (Å²) in [6.07, 6.45) is -5.98. The van der Waals surface area contributed by atoms with Crippen LogP contribution in [0.3, 0.4) is 0 Å². The molecule has 1 aromatic rings. The number of carboxylic acid groups (broad SMARTS) is 1. The number of amides is 1. The second kappa shape index (κ2) is 7.07. The topological polar surface area (TPSA) is 66.8 Å². The number of benzene rings is 1. The maximum Gasteiger partial charge on any atom is 0.406 e. The van der Waals surface area contributed by atoms with Crippen molar-refractivity contribution in [3.05, 3.63) is 35.9 Å². The lowest BCUT2D eigenvalue weighted by atomic mass is 10.1. The van der Waals surface area contributed by atoms with Crippen LogP contribution in [0.5, 0.6) is 0 Å². The predicted molar refractivity (Wildman–Crippen MR) is 66.5 cm³/mol. The number of carboxylic acids is 1. The molecule has 5 nitrogen and oxygen atoms in total. The fraction of sp³-hybridized carbons (Fsp3) is 0.385. The van der Waals surface area contributed by atoms with E-state index in [4.69, 9.17) is 9.84 Å². The highest BCUT2D eigenvalue weighted by Gasteiger charge is 2.36. The van der Waals surface area contributed by atoms with Gasteiger partial charge in [-0.3, -0.25) is 9.59 Å². The molecule has 1 unspecified atom stereocenters. The molecule has 1 rings (SSSR count). The maximum atomic E-state index is 12.5. The van der Waals surface area contributed by atoms with Gasteiger partial charge in [-0.25, -0.2) is 0 Å². The van der Waals surface area contributed by atoms with Crippen LogP contribution in [-0.4, -0.2) is 48.3 Å². The molecule has 1 aromatic carbocycles. The Balaban J connectivity index is 2.99. The van der Waals surface area contributed by atoms with Crippen molar-refractivity contribution >= 4 is 11.9 Å². The average Bonchev–Trinajstić information content (AvgIpc) is 2.37. The maximum absolute atomic E-state index is 12.5. The Morgan fingerprint density at radius 3 is 2.29 bits per heavy atom. The lowest BCUT2D eigenvalue weighted by Crippen LogP contribution is -2.44. The summed E-state index contributed by atoms with van der Waals surface area (Å²) in [5.74, 6) is -2.58. The summed E-state index contributed by atoms with van der Waals surface area (Å²) < 4.78 is 42.3. The number of rotatable bonds is 6. The number of hydrogen-bond donors (Lipinski definition) is 1. The number of carbonyl (C=O) groups is 2. The number of ether oxygens (including phenoxy) is 1. The van der Waals surface area contributed by atoms with Crippen molar-refractivity contribution in [2.45, 2.75) is 12.3 Å². The lowest BCUT2D eigenvalue weighted by Gasteiger charge is -2.26. The Morgan fingerprint density at radius 2 is 1.86 bits per heavy atom. The van der Waals surface area contributed by atoms with Gasteiger partial charge in [-0.2, -0.15) is 13.2 Å². The molecule has 1 atom stereocenters. The zero-order valence-electron chi connectivity index (χ0n) is 11.1. The molecule has 0 aliphatic heterocycles. The van der Waals surface area contributed by atoms with Gasteiger partial charge in [0.1, 0.15) is 13.1 Å². The molecule has 0 heterocycles. The van der Waals surface area contributed by atoms with E-state index in [1.807, 2.05) is 0 Å². The Hall–Kier alpha value is -2.09. The molecule has 0 aliphatic rings. The first-order valence-electron chi connectivity index (χ1n) is 5.89. The van der Waals surface area contributed by atoms with Crippen LogP contribution < -0.4 is 0 Å². The van der Waals surface area contributed by atoms with Crippen LogP contribution in [0.15, 0.2) is 30.3 Å². The van der Waals surface area contributed by atoms with E-state index in [0.29, 0.717) is 5.56 Å². The number of hydrogen-bond acceptors (Lipinski definition) is 3. The number of halogens is 3. The Bertz CT molecular complexity index is 490. The van der Waals surface area contributed by atoms with Crippen LogP contribution >= 0.6 is 0 Å². The van der Waals surface area contributed by atoms with Crippen LogP contribution in [0.4, 0.5) is 13.2 Å². The SMILES string of the molecule is COC(C(=O)N(CC(=O)O)CC(F)(F)F)c1ccccc1. The third-order valence-electron chi connectivity index (χ3n) is 2.57. The lowest BCUT2D eigenvalue weighted by molar-refractivity contribution is -0.171. The van der Waals surface area contributed by atoms with Gasteiger partial charge in [-0.1, -0.05) is 30.3 Å². The van der Waals surface area contributed by atoms with Gasteiger partial charge < -0.3 is 14.7 Å². The fourth-order valence-corrected chi connectivity index (χ4v) is 1.76. The van der Waals surface area contributed by atoms with E-state index in [2.05, 4.69) is 0 Å². The predicted octanol–water partition coefficient (Wildman–Crippen LogP) is 1.85. The van der Waals surface area contributed by atoms with E-state index >= 15 is 0 Å². The van der Waals surface area contributed by atoms with Crippen LogP contribution in [-0.2, 0) is 14.3 Å². The quantitative estimate of drug-likeness (QED) is 0.871. The number of nitrogens with zero attached hydrogens (tertiary/aromatic N) is 1. The van der Waals surface area contributed by atoms with Gasteiger partial charge in [0.25, 0.3) is 5.91 Å². The molecule has 116 valence electrons. The van der Waals surface area contributed by atoms with Crippen molar-refractivity contribution < 1.29 is 32.6 Å². The van der Waals surface area contributed by atoms with Gasteiger partial charge in [-0.15, -0.1) is 0 Å². The molecule has 0 aromatic heterocycles. The molecular weight excluding hydrogens is 291 g/mol. The van der Waals surface area contributed by atoms with Crippen molar-refractivity contribution in [2.75, 3.05) is 20.2 Å². The highest BCUT2D eigenvalue weighted by atomic mass is 19.4. The van der Waals surface area contributed by atoms with Gasteiger partial charge in [0.05, 0.1) is 0 Å². The van der Waals surface area contributed by atoms with Gasteiger partial charge >= 0.3 is 12.1 Å². The summed E-state index contributed by atoms with van der Waals surface area (Å²) in [7, 11) is 1.17. The zero-order valence-corrected chi connectivity index (χ0v) is 11.1. The van der Waals surface area contributed by atoms with Crippen molar-refractivity contribution in [3.8, 4) is 0 Å². The minimum absolute atomic E-state index is 0.212. The van der Waals surface area contributed by atoms with Crippen LogP contribution in [0.25, 0.3) is 0 Å². The summed E-state index contributed by atoms with van der Waals surface area (Å²) in [6, 6.07) is 7.89. The minimum Gasteiger partial charge on any atom is -0.480 e. The standard InChI is InChI=1S/C13H14F3NO4/c1-21-11(9-5-3-2-4-6-9)12(20)17(7-10(18)19)8-13(14,15)16/h2-6,11H,7-8H2,1H3,(H,18,19). The minimum atomic E-state index is -4.69. The second-order valence-corrected chi connectivity index (χ2v) is 4.23. The van der Waals surface area contributed by atoms with Crippen molar-refractivity contribution in [1.82, 2.24) is 4.90 Å². The average molecular weight is 305 g/mol. The van der Waals surface area contributed by atoms with Crippen LogP contribution in [0, 0.1) is 0 Å². The number of carbonyl (C=O) groups excluding carboxylic acids is 1. The molecule has 21 heavy (non-hydrogen) atoms. The van der Waals surface area contributed by atoms with Crippen molar-refractivity contribution in [2.24, 2.45) is 0 Å². The highest BCUT2D eigenvalue weighted by molar-refractivity contribution is 5.85. The first-order chi connectivity index (χ1) is 9.74. The molecule has 1 amide bonds.